The van der Waals surface area contributed by atoms with Gasteiger partial charge >= 0.3 is 6.03 Å². The Morgan fingerprint density at radius 2 is 2.00 bits per heavy atom. The van der Waals surface area contributed by atoms with E-state index < -0.39 is 0 Å². The molecule has 0 saturated carbocycles. The van der Waals surface area contributed by atoms with Crippen LogP contribution in [0.3, 0.4) is 0 Å². The molecule has 1 heterocycles. The van der Waals surface area contributed by atoms with Crippen LogP contribution in [0.25, 0.3) is 0 Å². The summed E-state index contributed by atoms with van der Waals surface area (Å²) in [6.45, 7) is 5.94. The summed E-state index contributed by atoms with van der Waals surface area (Å²) >= 11 is 0. The molecule has 1 fully saturated rings. The van der Waals surface area contributed by atoms with E-state index in [1.807, 2.05) is 56.1 Å². The van der Waals surface area contributed by atoms with Crippen LogP contribution in [0.15, 0.2) is 30.3 Å². The number of hydrogen-bond donors (Lipinski definition) is 1. The molecule has 5 heteroatoms. The largest absolute Gasteiger partial charge is 0.341 e. The smallest absolute Gasteiger partial charge is 0.317 e. The zero-order chi connectivity index (χ0) is 16.8. The van der Waals surface area contributed by atoms with Crippen LogP contribution >= 0.6 is 0 Å². The Bertz CT molecular complexity index is 530. The van der Waals surface area contributed by atoms with Crippen molar-refractivity contribution in [3.8, 4) is 0 Å². The third-order valence-corrected chi connectivity index (χ3v) is 4.14. The lowest BCUT2D eigenvalue weighted by atomic mass is 10.0. The minimum atomic E-state index is -0.0208. The summed E-state index contributed by atoms with van der Waals surface area (Å²) in [5.74, 6) is 0.406. The second kappa shape index (κ2) is 7.99. The number of hydrogen-bond acceptors (Lipinski definition) is 2. The minimum absolute atomic E-state index is 0.0208. The van der Waals surface area contributed by atoms with Crippen molar-refractivity contribution in [3.63, 3.8) is 0 Å². The molecule has 5 nitrogen and oxygen atoms in total. The summed E-state index contributed by atoms with van der Waals surface area (Å²) in [5.41, 5.74) is 1.13. The van der Waals surface area contributed by atoms with Gasteiger partial charge in [-0.2, -0.15) is 0 Å². The Hall–Kier alpha value is -2.04. The summed E-state index contributed by atoms with van der Waals surface area (Å²) in [6, 6.07) is 10.1. The minimum Gasteiger partial charge on any atom is -0.341 e. The number of benzene rings is 1. The van der Waals surface area contributed by atoms with Gasteiger partial charge in [0.2, 0.25) is 5.91 Å². The van der Waals surface area contributed by atoms with E-state index in [0.29, 0.717) is 19.5 Å². The van der Waals surface area contributed by atoms with E-state index in [-0.39, 0.29) is 23.9 Å². The van der Waals surface area contributed by atoms with Crippen molar-refractivity contribution in [2.45, 2.75) is 39.3 Å². The van der Waals surface area contributed by atoms with Gasteiger partial charge in [-0.3, -0.25) is 4.79 Å². The second-order valence-corrected chi connectivity index (χ2v) is 6.64. The maximum atomic E-state index is 12.4. The van der Waals surface area contributed by atoms with Crippen molar-refractivity contribution >= 4 is 11.9 Å². The van der Waals surface area contributed by atoms with Gasteiger partial charge in [0.05, 0.1) is 0 Å². The van der Waals surface area contributed by atoms with Crippen molar-refractivity contribution in [2.24, 2.45) is 5.92 Å². The van der Waals surface area contributed by atoms with Crippen LogP contribution in [0.1, 0.15) is 32.3 Å². The van der Waals surface area contributed by atoms with Crippen LogP contribution in [-0.4, -0.2) is 47.9 Å². The molecule has 0 aromatic heterocycles. The number of amides is 3. The maximum absolute atomic E-state index is 12.4. The molecule has 1 aliphatic rings. The Morgan fingerprint density at radius 3 is 2.65 bits per heavy atom. The van der Waals surface area contributed by atoms with Crippen molar-refractivity contribution in [2.75, 3.05) is 20.1 Å². The Balaban J connectivity index is 1.78. The maximum Gasteiger partial charge on any atom is 0.317 e. The molecular weight excluding hydrogens is 290 g/mol. The van der Waals surface area contributed by atoms with E-state index in [4.69, 9.17) is 0 Å². The number of nitrogens with one attached hydrogen (secondary N) is 1. The first-order valence-electron chi connectivity index (χ1n) is 8.29. The molecule has 1 saturated heterocycles. The quantitative estimate of drug-likeness (QED) is 0.907. The molecule has 1 aromatic rings. The number of urea groups is 1. The molecule has 126 valence electrons. The van der Waals surface area contributed by atoms with E-state index in [2.05, 4.69) is 5.32 Å². The molecule has 0 radical (unpaired) electrons. The third kappa shape index (κ3) is 5.27. The highest BCUT2D eigenvalue weighted by atomic mass is 16.2. The fraction of sp³-hybridized carbons (Fsp3) is 0.556. The molecule has 0 bridgehead atoms. The van der Waals surface area contributed by atoms with Crippen LogP contribution in [-0.2, 0) is 11.3 Å². The highest BCUT2D eigenvalue weighted by Crippen LogP contribution is 2.21. The normalized spacial score (nSPS) is 17.4. The molecule has 0 aliphatic carbocycles. The summed E-state index contributed by atoms with van der Waals surface area (Å²) in [4.78, 5) is 27.9. The van der Waals surface area contributed by atoms with E-state index in [9.17, 15) is 9.59 Å². The van der Waals surface area contributed by atoms with Gasteiger partial charge in [0.1, 0.15) is 0 Å². The molecule has 1 N–H and O–H groups in total. The van der Waals surface area contributed by atoms with Crippen molar-refractivity contribution in [1.82, 2.24) is 15.1 Å². The summed E-state index contributed by atoms with van der Waals surface area (Å²) in [6.07, 6.45) is 1.41. The summed E-state index contributed by atoms with van der Waals surface area (Å²) in [7, 11) is 1.84. The van der Waals surface area contributed by atoms with Crippen molar-refractivity contribution in [3.05, 3.63) is 35.9 Å². The van der Waals surface area contributed by atoms with Gasteiger partial charge in [-0.1, -0.05) is 30.3 Å². The molecule has 0 spiro atoms. The third-order valence-electron chi connectivity index (χ3n) is 4.14. The molecule has 23 heavy (non-hydrogen) atoms. The van der Waals surface area contributed by atoms with Crippen LogP contribution in [0.5, 0.6) is 0 Å². The van der Waals surface area contributed by atoms with Crippen LogP contribution in [0, 0.1) is 5.92 Å². The average molecular weight is 317 g/mol. The molecule has 1 aromatic carbocycles. The SMILES string of the molecule is CC(C)NC(=O)N1CCC(CC(=O)N(C)Cc2ccccc2)C1. The predicted molar refractivity (Wildman–Crippen MR) is 90.9 cm³/mol. The van der Waals surface area contributed by atoms with Crippen LogP contribution in [0.2, 0.25) is 0 Å². The first-order valence-corrected chi connectivity index (χ1v) is 8.29. The zero-order valence-corrected chi connectivity index (χ0v) is 14.3. The second-order valence-electron chi connectivity index (χ2n) is 6.64. The Morgan fingerprint density at radius 1 is 1.30 bits per heavy atom. The number of rotatable bonds is 5. The Labute approximate surface area is 138 Å². The summed E-state index contributed by atoms with van der Waals surface area (Å²) < 4.78 is 0. The van der Waals surface area contributed by atoms with E-state index in [1.54, 1.807) is 4.90 Å². The Kier molecular flexibility index (Phi) is 6.02. The lowest BCUT2D eigenvalue weighted by molar-refractivity contribution is -0.131. The average Bonchev–Trinajstić information content (AvgIpc) is 2.96. The number of carbonyl (C=O) groups is 2. The molecule has 1 atom stereocenters. The topological polar surface area (TPSA) is 52.7 Å². The van der Waals surface area contributed by atoms with Gasteiger partial charge in [-0.25, -0.2) is 4.79 Å². The fourth-order valence-corrected chi connectivity index (χ4v) is 2.87. The number of nitrogens with zero attached hydrogens (tertiary/aromatic N) is 2. The standard InChI is InChI=1S/C18H27N3O2/c1-14(2)19-18(23)21-10-9-16(13-21)11-17(22)20(3)12-15-7-5-4-6-8-15/h4-8,14,16H,9-13H2,1-3H3,(H,19,23). The van der Waals surface area contributed by atoms with Gasteiger partial charge in [-0.15, -0.1) is 0 Å². The van der Waals surface area contributed by atoms with Crippen molar-refractivity contribution < 1.29 is 9.59 Å². The zero-order valence-electron chi connectivity index (χ0n) is 14.3. The molecule has 3 amide bonds. The lowest BCUT2D eigenvalue weighted by Gasteiger charge is -2.21. The molecule has 2 rings (SSSR count). The highest BCUT2D eigenvalue weighted by molar-refractivity contribution is 5.77. The van der Waals surface area contributed by atoms with Gasteiger partial charge in [0, 0.05) is 39.1 Å². The number of carbonyl (C=O) groups excluding carboxylic acids is 2. The molecule has 1 aliphatic heterocycles. The van der Waals surface area contributed by atoms with Crippen LogP contribution in [0.4, 0.5) is 4.79 Å². The first-order chi connectivity index (χ1) is 11.0. The first kappa shape index (κ1) is 17.3. The van der Waals surface area contributed by atoms with Crippen LogP contribution < -0.4 is 5.32 Å². The van der Waals surface area contributed by atoms with E-state index >= 15 is 0 Å². The lowest BCUT2D eigenvalue weighted by Crippen LogP contribution is -2.41. The van der Waals surface area contributed by atoms with E-state index in [1.165, 1.54) is 0 Å². The van der Waals surface area contributed by atoms with Gasteiger partial charge in [0.25, 0.3) is 0 Å². The highest BCUT2D eigenvalue weighted by Gasteiger charge is 2.28. The fourth-order valence-electron chi connectivity index (χ4n) is 2.87. The predicted octanol–water partition coefficient (Wildman–Crippen LogP) is 2.48. The monoisotopic (exact) mass is 317 g/mol. The number of likely N-dealkylation sites (tertiary alicyclic amines) is 1. The van der Waals surface area contributed by atoms with Crippen molar-refractivity contribution in [1.29, 1.82) is 0 Å². The van der Waals surface area contributed by atoms with Gasteiger partial charge < -0.3 is 15.1 Å². The van der Waals surface area contributed by atoms with Gasteiger partial charge in [0.15, 0.2) is 0 Å². The summed E-state index contributed by atoms with van der Waals surface area (Å²) in [5, 5.41) is 2.91. The molecular formula is C18H27N3O2. The molecule has 1 unspecified atom stereocenters. The van der Waals surface area contributed by atoms with E-state index in [0.717, 1.165) is 18.5 Å². The van der Waals surface area contributed by atoms with Gasteiger partial charge in [-0.05, 0) is 31.7 Å².